The van der Waals surface area contributed by atoms with Gasteiger partial charge >= 0.3 is 0 Å². The number of halogens is 1. The lowest BCUT2D eigenvalue weighted by Crippen LogP contribution is -2.42. The summed E-state index contributed by atoms with van der Waals surface area (Å²) < 4.78 is 0. The molecule has 0 atom stereocenters. The SMILES string of the molecule is Cl.c1nc(CN2CCC(NCC3CC3)CC2)cs1. The van der Waals surface area contributed by atoms with Crippen LogP contribution in [0.1, 0.15) is 31.4 Å². The van der Waals surface area contributed by atoms with E-state index in [0.717, 1.165) is 18.5 Å². The number of likely N-dealkylation sites (tertiary alicyclic amines) is 1. The molecule has 5 heteroatoms. The number of nitrogens with one attached hydrogen (secondary N) is 1. The van der Waals surface area contributed by atoms with Crippen LogP contribution in [0.15, 0.2) is 10.9 Å². The predicted octanol–water partition coefficient (Wildman–Crippen LogP) is 2.53. The van der Waals surface area contributed by atoms with Crippen molar-refractivity contribution in [3.8, 4) is 0 Å². The summed E-state index contributed by atoms with van der Waals surface area (Å²) in [5.74, 6) is 1.00. The molecule has 0 amide bonds. The van der Waals surface area contributed by atoms with Crippen molar-refractivity contribution in [3.05, 3.63) is 16.6 Å². The Morgan fingerprint density at radius 3 is 2.67 bits per heavy atom. The van der Waals surface area contributed by atoms with Crippen molar-refractivity contribution in [2.75, 3.05) is 19.6 Å². The second-order valence-electron chi connectivity index (χ2n) is 5.38. The molecule has 0 bridgehead atoms. The van der Waals surface area contributed by atoms with E-state index in [9.17, 15) is 0 Å². The quantitative estimate of drug-likeness (QED) is 0.902. The molecule has 1 aromatic heterocycles. The third-order valence-electron chi connectivity index (χ3n) is 3.85. The molecule has 0 aromatic carbocycles. The first-order valence-corrected chi connectivity index (χ1v) is 7.67. The van der Waals surface area contributed by atoms with Gasteiger partial charge in [0, 0.05) is 31.1 Å². The Labute approximate surface area is 119 Å². The van der Waals surface area contributed by atoms with Crippen molar-refractivity contribution < 1.29 is 0 Å². The molecule has 2 aliphatic rings. The Balaban J connectivity index is 0.00000120. The number of hydrogen-bond donors (Lipinski definition) is 1. The predicted molar refractivity (Wildman–Crippen MR) is 78.4 cm³/mol. The normalized spacial score (nSPS) is 21.8. The van der Waals surface area contributed by atoms with Crippen LogP contribution in [0.3, 0.4) is 0 Å². The average Bonchev–Trinajstić information content (AvgIpc) is 3.05. The second-order valence-corrected chi connectivity index (χ2v) is 6.10. The maximum Gasteiger partial charge on any atom is 0.0795 e. The third kappa shape index (κ3) is 4.19. The molecule has 1 saturated heterocycles. The first-order valence-electron chi connectivity index (χ1n) is 6.73. The summed E-state index contributed by atoms with van der Waals surface area (Å²) in [4.78, 5) is 6.89. The number of hydrogen-bond acceptors (Lipinski definition) is 4. The highest BCUT2D eigenvalue weighted by molar-refractivity contribution is 7.07. The molecule has 3 rings (SSSR count). The minimum atomic E-state index is 0. The van der Waals surface area contributed by atoms with Crippen LogP contribution in [0.2, 0.25) is 0 Å². The van der Waals surface area contributed by atoms with E-state index in [1.165, 1.54) is 51.0 Å². The first kappa shape index (κ1) is 14.3. The van der Waals surface area contributed by atoms with Gasteiger partial charge in [0.05, 0.1) is 11.2 Å². The van der Waals surface area contributed by atoms with Crippen LogP contribution in [0.5, 0.6) is 0 Å². The van der Waals surface area contributed by atoms with Crippen LogP contribution < -0.4 is 5.32 Å². The number of piperidine rings is 1. The molecule has 0 unspecified atom stereocenters. The maximum atomic E-state index is 4.36. The Hall–Kier alpha value is -0.160. The van der Waals surface area contributed by atoms with Gasteiger partial charge < -0.3 is 5.32 Å². The zero-order valence-electron chi connectivity index (χ0n) is 10.7. The monoisotopic (exact) mass is 287 g/mol. The van der Waals surface area contributed by atoms with Gasteiger partial charge in [-0.3, -0.25) is 4.90 Å². The van der Waals surface area contributed by atoms with Gasteiger partial charge in [-0.1, -0.05) is 0 Å². The average molecular weight is 288 g/mol. The van der Waals surface area contributed by atoms with Crippen molar-refractivity contribution in [2.45, 2.75) is 38.3 Å². The molecular weight excluding hydrogens is 266 g/mol. The number of nitrogens with zero attached hydrogens (tertiary/aromatic N) is 2. The lowest BCUT2D eigenvalue weighted by atomic mass is 10.0. The molecular formula is C13H22ClN3S. The molecule has 1 saturated carbocycles. The zero-order chi connectivity index (χ0) is 11.5. The maximum absolute atomic E-state index is 4.36. The standard InChI is InChI=1S/C13H21N3S.ClH/c1-2-11(1)7-14-12-3-5-16(6-4-12)8-13-9-17-10-15-13;/h9-12,14H,1-8H2;1H. The van der Waals surface area contributed by atoms with Crippen LogP contribution in [0.25, 0.3) is 0 Å². The topological polar surface area (TPSA) is 28.2 Å². The highest BCUT2D eigenvalue weighted by atomic mass is 35.5. The van der Waals surface area contributed by atoms with Crippen LogP contribution in [0.4, 0.5) is 0 Å². The van der Waals surface area contributed by atoms with Crippen molar-refractivity contribution in [3.63, 3.8) is 0 Å². The zero-order valence-corrected chi connectivity index (χ0v) is 12.3. The summed E-state index contributed by atoms with van der Waals surface area (Å²) >= 11 is 1.70. The van der Waals surface area contributed by atoms with E-state index in [1.54, 1.807) is 11.3 Å². The first-order chi connectivity index (χ1) is 8.40. The molecule has 3 nitrogen and oxygen atoms in total. The third-order valence-corrected chi connectivity index (χ3v) is 4.48. The van der Waals surface area contributed by atoms with Crippen molar-refractivity contribution in [1.29, 1.82) is 0 Å². The van der Waals surface area contributed by atoms with Gasteiger partial charge in [0.1, 0.15) is 0 Å². The van der Waals surface area contributed by atoms with E-state index in [0.29, 0.717) is 0 Å². The summed E-state index contributed by atoms with van der Waals surface area (Å²) in [5.41, 5.74) is 3.17. The summed E-state index contributed by atoms with van der Waals surface area (Å²) in [6.07, 6.45) is 5.51. The van der Waals surface area contributed by atoms with Gasteiger partial charge in [-0.15, -0.1) is 23.7 Å². The number of rotatable bonds is 5. The molecule has 1 N–H and O–H groups in total. The van der Waals surface area contributed by atoms with Crippen LogP contribution in [-0.2, 0) is 6.54 Å². The molecule has 0 radical (unpaired) electrons. The fraction of sp³-hybridized carbons (Fsp3) is 0.769. The molecule has 1 aromatic rings. The molecule has 2 fully saturated rings. The van der Waals surface area contributed by atoms with Crippen molar-refractivity contribution in [2.24, 2.45) is 5.92 Å². The second kappa shape index (κ2) is 6.85. The van der Waals surface area contributed by atoms with E-state index < -0.39 is 0 Å². The largest absolute Gasteiger partial charge is 0.314 e. The minimum absolute atomic E-state index is 0. The smallest absolute Gasteiger partial charge is 0.0795 e. The van der Waals surface area contributed by atoms with Crippen LogP contribution in [0, 0.1) is 5.92 Å². The van der Waals surface area contributed by atoms with Crippen LogP contribution in [-0.4, -0.2) is 35.6 Å². The molecule has 102 valence electrons. The highest BCUT2D eigenvalue weighted by Crippen LogP contribution is 2.28. The van der Waals surface area contributed by atoms with Crippen molar-refractivity contribution >= 4 is 23.7 Å². The summed E-state index contributed by atoms with van der Waals surface area (Å²) in [6, 6.07) is 0.766. The summed E-state index contributed by atoms with van der Waals surface area (Å²) in [6.45, 7) is 4.75. The van der Waals surface area contributed by atoms with E-state index >= 15 is 0 Å². The van der Waals surface area contributed by atoms with Crippen LogP contribution >= 0.6 is 23.7 Å². The lowest BCUT2D eigenvalue weighted by molar-refractivity contribution is 0.188. The Kier molecular flexibility index (Phi) is 5.42. The molecule has 1 aliphatic carbocycles. The van der Waals surface area contributed by atoms with Gasteiger partial charge in [0.2, 0.25) is 0 Å². The summed E-state index contributed by atoms with van der Waals surface area (Å²) in [7, 11) is 0. The van der Waals surface area contributed by atoms with E-state index in [4.69, 9.17) is 0 Å². The molecule has 18 heavy (non-hydrogen) atoms. The Morgan fingerprint density at radius 2 is 2.06 bits per heavy atom. The van der Waals surface area contributed by atoms with E-state index in [-0.39, 0.29) is 12.4 Å². The Bertz CT molecular complexity index is 332. The molecule has 2 heterocycles. The van der Waals surface area contributed by atoms with E-state index in [2.05, 4.69) is 20.6 Å². The van der Waals surface area contributed by atoms with Gasteiger partial charge in [-0.25, -0.2) is 4.98 Å². The number of aromatic nitrogens is 1. The van der Waals surface area contributed by atoms with Crippen molar-refractivity contribution in [1.82, 2.24) is 15.2 Å². The van der Waals surface area contributed by atoms with E-state index in [1.807, 2.05) is 5.51 Å². The highest BCUT2D eigenvalue weighted by Gasteiger charge is 2.24. The van der Waals surface area contributed by atoms with Gasteiger partial charge in [-0.05, 0) is 38.1 Å². The molecule has 0 spiro atoms. The fourth-order valence-corrected chi connectivity index (χ4v) is 3.04. The minimum Gasteiger partial charge on any atom is -0.314 e. The van der Waals surface area contributed by atoms with Gasteiger partial charge in [-0.2, -0.15) is 0 Å². The van der Waals surface area contributed by atoms with Gasteiger partial charge in [0.15, 0.2) is 0 Å². The number of thiazole rings is 1. The fourth-order valence-electron chi connectivity index (χ4n) is 2.50. The Morgan fingerprint density at radius 1 is 1.28 bits per heavy atom. The summed E-state index contributed by atoms with van der Waals surface area (Å²) in [5, 5.41) is 5.89. The lowest BCUT2D eigenvalue weighted by Gasteiger charge is -2.32. The van der Waals surface area contributed by atoms with Gasteiger partial charge in [0.25, 0.3) is 0 Å². The molecule has 1 aliphatic heterocycles.